The third kappa shape index (κ3) is 5.73. The van der Waals surface area contributed by atoms with Crippen molar-refractivity contribution in [3.05, 3.63) is 0 Å². The highest BCUT2D eigenvalue weighted by Crippen LogP contribution is 2.28. The fourth-order valence-corrected chi connectivity index (χ4v) is 1.73. The molecule has 0 aliphatic heterocycles. The minimum atomic E-state index is -1.09. The minimum Gasteiger partial charge on any atom is -0.396 e. The smallest absolute Gasteiger partial charge is 0.0712 e. The fourth-order valence-electron chi connectivity index (χ4n) is 1.49. The van der Waals surface area contributed by atoms with Crippen LogP contribution in [0.15, 0.2) is 0 Å². The van der Waals surface area contributed by atoms with Crippen LogP contribution in [0, 0.1) is 5.41 Å². The molecule has 0 aromatic heterocycles. The zero-order valence-corrected chi connectivity index (χ0v) is 11.8. The van der Waals surface area contributed by atoms with Gasteiger partial charge >= 0.3 is 0 Å². The molecule has 0 bridgehead atoms. The summed E-state index contributed by atoms with van der Waals surface area (Å²) >= 11 is 11.7. The molecule has 0 saturated carbocycles. The highest BCUT2D eigenvalue weighted by molar-refractivity contribution is 6.20. The summed E-state index contributed by atoms with van der Waals surface area (Å²) in [7, 11) is 0. The van der Waals surface area contributed by atoms with Crippen molar-refractivity contribution in [1.82, 2.24) is 0 Å². The van der Waals surface area contributed by atoms with Gasteiger partial charge in [0.15, 0.2) is 0 Å². The molecule has 0 aliphatic carbocycles. The van der Waals surface area contributed by atoms with E-state index in [1.807, 2.05) is 0 Å². The summed E-state index contributed by atoms with van der Waals surface area (Å²) in [5.74, 6) is 0. The average molecular weight is 289 g/mol. The Morgan fingerprint density at radius 2 is 1.47 bits per heavy atom. The SMILES string of the molecule is CC(Cl)COC(CC(C)Cl)C(CO)(CO)CO. The standard InChI is InChI=1S/C11H22Cl2O4/c1-8(12)3-10(17-4-9(2)13)11(5-14,6-15)7-16/h8-10,14-16H,3-7H2,1-2H3. The van der Waals surface area contributed by atoms with Crippen molar-refractivity contribution in [2.24, 2.45) is 5.41 Å². The molecule has 0 aliphatic rings. The molecular formula is C11H22Cl2O4. The van der Waals surface area contributed by atoms with Crippen LogP contribution in [-0.2, 0) is 4.74 Å². The van der Waals surface area contributed by atoms with Gasteiger partial charge in [-0.05, 0) is 20.3 Å². The normalized spacial score (nSPS) is 17.8. The molecule has 3 N–H and O–H groups in total. The van der Waals surface area contributed by atoms with Crippen LogP contribution in [0.25, 0.3) is 0 Å². The molecule has 3 unspecified atom stereocenters. The van der Waals surface area contributed by atoms with Crippen molar-refractivity contribution in [1.29, 1.82) is 0 Å². The predicted molar refractivity (Wildman–Crippen MR) is 68.7 cm³/mol. The van der Waals surface area contributed by atoms with Crippen LogP contribution in [0.3, 0.4) is 0 Å². The highest BCUT2D eigenvalue weighted by Gasteiger charge is 2.39. The van der Waals surface area contributed by atoms with E-state index < -0.39 is 11.5 Å². The summed E-state index contributed by atoms with van der Waals surface area (Å²) in [6.45, 7) is 2.73. The second-order valence-electron chi connectivity index (χ2n) is 4.46. The largest absolute Gasteiger partial charge is 0.396 e. The highest BCUT2D eigenvalue weighted by atomic mass is 35.5. The molecule has 0 radical (unpaired) electrons. The summed E-state index contributed by atoms with van der Waals surface area (Å²) < 4.78 is 5.56. The van der Waals surface area contributed by atoms with Gasteiger partial charge in [-0.2, -0.15) is 0 Å². The second kappa shape index (κ2) is 8.51. The first-order chi connectivity index (χ1) is 7.91. The van der Waals surface area contributed by atoms with E-state index in [9.17, 15) is 15.3 Å². The first-order valence-electron chi connectivity index (χ1n) is 5.64. The number of ether oxygens (including phenoxy) is 1. The van der Waals surface area contributed by atoms with Gasteiger partial charge in [-0.25, -0.2) is 0 Å². The van der Waals surface area contributed by atoms with E-state index in [2.05, 4.69) is 0 Å². The van der Waals surface area contributed by atoms with Gasteiger partial charge in [0.2, 0.25) is 0 Å². The van der Waals surface area contributed by atoms with Crippen LogP contribution in [0.5, 0.6) is 0 Å². The number of alkyl halides is 2. The number of aliphatic hydroxyl groups excluding tert-OH is 3. The van der Waals surface area contributed by atoms with Crippen molar-refractivity contribution in [3.8, 4) is 0 Å². The third-order valence-electron chi connectivity index (χ3n) is 2.69. The predicted octanol–water partition coefficient (Wildman–Crippen LogP) is 0.980. The summed E-state index contributed by atoms with van der Waals surface area (Å²) in [6.07, 6.45) is -0.108. The minimum absolute atomic E-state index is 0.183. The van der Waals surface area contributed by atoms with E-state index in [1.54, 1.807) is 13.8 Å². The van der Waals surface area contributed by atoms with Crippen LogP contribution >= 0.6 is 23.2 Å². The molecule has 0 aromatic rings. The van der Waals surface area contributed by atoms with Crippen LogP contribution in [0.4, 0.5) is 0 Å². The first kappa shape index (κ1) is 17.4. The number of hydrogen-bond donors (Lipinski definition) is 3. The molecule has 0 heterocycles. The molecule has 0 rings (SSSR count). The Morgan fingerprint density at radius 1 is 1.00 bits per heavy atom. The zero-order valence-electron chi connectivity index (χ0n) is 10.3. The van der Waals surface area contributed by atoms with Crippen molar-refractivity contribution >= 4 is 23.2 Å². The number of hydrogen-bond acceptors (Lipinski definition) is 4. The molecule has 0 fully saturated rings. The second-order valence-corrected chi connectivity index (χ2v) is 5.95. The van der Waals surface area contributed by atoms with Crippen molar-refractivity contribution in [3.63, 3.8) is 0 Å². The molecule has 4 nitrogen and oxygen atoms in total. The molecule has 0 saturated heterocycles. The molecule has 17 heavy (non-hydrogen) atoms. The van der Waals surface area contributed by atoms with E-state index in [1.165, 1.54) is 0 Å². The van der Waals surface area contributed by atoms with Gasteiger partial charge in [0.1, 0.15) is 0 Å². The van der Waals surface area contributed by atoms with Crippen LogP contribution in [0.1, 0.15) is 20.3 Å². The van der Waals surface area contributed by atoms with Gasteiger partial charge < -0.3 is 20.1 Å². The maximum atomic E-state index is 9.35. The Bertz CT molecular complexity index is 188. The number of halogens is 2. The van der Waals surface area contributed by atoms with Crippen molar-refractivity contribution < 1.29 is 20.1 Å². The van der Waals surface area contributed by atoms with E-state index in [4.69, 9.17) is 27.9 Å². The van der Waals surface area contributed by atoms with E-state index in [0.717, 1.165) is 0 Å². The average Bonchev–Trinajstić information content (AvgIpc) is 2.27. The lowest BCUT2D eigenvalue weighted by Gasteiger charge is -2.37. The maximum absolute atomic E-state index is 9.35. The first-order valence-corrected chi connectivity index (χ1v) is 6.51. The van der Waals surface area contributed by atoms with Crippen LogP contribution in [-0.4, -0.2) is 58.6 Å². The van der Waals surface area contributed by atoms with Gasteiger partial charge in [0.05, 0.1) is 43.3 Å². The summed E-state index contributed by atoms with van der Waals surface area (Å²) in [6, 6.07) is 0. The van der Waals surface area contributed by atoms with E-state index >= 15 is 0 Å². The van der Waals surface area contributed by atoms with Gasteiger partial charge in [0, 0.05) is 5.38 Å². The quantitative estimate of drug-likeness (QED) is 0.553. The van der Waals surface area contributed by atoms with Gasteiger partial charge in [0.25, 0.3) is 0 Å². The fraction of sp³-hybridized carbons (Fsp3) is 1.00. The molecule has 0 amide bonds. The monoisotopic (exact) mass is 288 g/mol. The topological polar surface area (TPSA) is 69.9 Å². The number of aliphatic hydroxyl groups is 3. The Balaban J connectivity index is 4.72. The maximum Gasteiger partial charge on any atom is 0.0712 e. The number of rotatable bonds is 9. The zero-order chi connectivity index (χ0) is 13.5. The lowest BCUT2D eigenvalue weighted by molar-refractivity contribution is -0.115. The van der Waals surface area contributed by atoms with E-state index in [0.29, 0.717) is 6.42 Å². The molecule has 104 valence electrons. The molecular weight excluding hydrogens is 267 g/mol. The molecule has 0 spiro atoms. The third-order valence-corrected chi connectivity index (χ3v) is 3.00. The van der Waals surface area contributed by atoms with Crippen LogP contribution in [0.2, 0.25) is 0 Å². The van der Waals surface area contributed by atoms with Gasteiger partial charge in [-0.1, -0.05) is 0 Å². The Morgan fingerprint density at radius 3 is 1.76 bits per heavy atom. The summed E-state index contributed by atoms with van der Waals surface area (Å²) in [5, 5.41) is 27.7. The molecule has 6 heteroatoms. The molecule has 0 aromatic carbocycles. The van der Waals surface area contributed by atoms with Crippen LogP contribution < -0.4 is 0 Å². The summed E-state index contributed by atoms with van der Waals surface area (Å²) in [4.78, 5) is 0. The molecule has 3 atom stereocenters. The lowest BCUT2D eigenvalue weighted by Crippen LogP contribution is -2.48. The van der Waals surface area contributed by atoms with E-state index in [-0.39, 0.29) is 37.2 Å². The lowest BCUT2D eigenvalue weighted by atomic mass is 9.82. The van der Waals surface area contributed by atoms with Gasteiger partial charge in [-0.3, -0.25) is 0 Å². The van der Waals surface area contributed by atoms with Gasteiger partial charge in [-0.15, -0.1) is 23.2 Å². The Kier molecular flexibility index (Phi) is 8.72. The Labute approximate surface area is 112 Å². The van der Waals surface area contributed by atoms with Crippen molar-refractivity contribution in [2.45, 2.75) is 37.1 Å². The van der Waals surface area contributed by atoms with Crippen molar-refractivity contribution in [2.75, 3.05) is 26.4 Å². The Hall–Kier alpha value is 0.420. The summed E-state index contributed by atoms with van der Waals surface area (Å²) in [5.41, 5.74) is -1.09.